The molecule has 2 rings (SSSR count). The fraction of sp³-hybridized carbons (Fsp3) is 1.00. The summed E-state index contributed by atoms with van der Waals surface area (Å²) in [7, 11) is 0. The van der Waals surface area contributed by atoms with E-state index in [1.807, 2.05) is 0 Å². The highest BCUT2D eigenvalue weighted by Crippen LogP contribution is 2.35. The molecule has 2 atom stereocenters. The number of hydrogen-bond acceptors (Lipinski definition) is 1. The lowest BCUT2D eigenvalue weighted by Gasteiger charge is -2.00. The Morgan fingerprint density at radius 2 is 2.00 bits per heavy atom. The van der Waals surface area contributed by atoms with Gasteiger partial charge in [0.1, 0.15) is 0 Å². The second kappa shape index (κ2) is 1.22. The molecule has 2 unspecified atom stereocenters. The van der Waals surface area contributed by atoms with E-state index in [1.165, 1.54) is 0 Å². The third kappa shape index (κ3) is 0.556. The van der Waals surface area contributed by atoms with Crippen molar-refractivity contribution in [2.75, 3.05) is 0 Å². The molecule has 0 aromatic carbocycles. The van der Waals surface area contributed by atoms with Gasteiger partial charge in [0.25, 0.3) is 0 Å². The van der Waals surface area contributed by atoms with Crippen LogP contribution < -0.4 is 0 Å². The van der Waals surface area contributed by atoms with Crippen LogP contribution >= 0.6 is 0 Å². The maximum atomic E-state index is 7.56. The van der Waals surface area contributed by atoms with Crippen molar-refractivity contribution in [3.8, 4) is 0 Å². The highest BCUT2D eigenvalue weighted by Gasteiger charge is 2.39. The first-order valence-electron chi connectivity index (χ1n) is 6.91. The molecule has 0 spiro atoms. The van der Waals surface area contributed by atoms with Gasteiger partial charge in [0.2, 0.25) is 0 Å². The molecule has 0 radical (unpaired) electrons. The highest BCUT2D eigenvalue weighted by atomic mass is 16.6. The van der Waals surface area contributed by atoms with E-state index in [-0.39, 0.29) is 0 Å². The number of hydrogen-bond donors (Lipinski definition) is 0. The molecule has 0 aromatic heterocycles. The van der Waals surface area contributed by atoms with Gasteiger partial charge in [0, 0.05) is 11.0 Å². The first-order chi connectivity index (χ1) is 7.21. The smallest absolute Gasteiger partial charge is 0.0841 e. The van der Waals surface area contributed by atoms with Crippen LogP contribution in [0.1, 0.15) is 39.2 Å². The van der Waals surface area contributed by atoms with Crippen molar-refractivity contribution >= 4 is 0 Å². The standard InChI is InChI=1S/C6H10O/c1-2-4-6-5(3-1)7-6/h5-6H,1-4H2/i1D2,2D2,3D2,4D2,5D,6D. The normalized spacial score (nSPS) is 119. The van der Waals surface area contributed by atoms with E-state index in [0.29, 0.717) is 0 Å². The first kappa shape index (κ1) is 0.766. The van der Waals surface area contributed by atoms with E-state index < -0.39 is 37.7 Å². The zero-order valence-electron chi connectivity index (χ0n) is 13.4. The lowest BCUT2D eigenvalue weighted by Crippen LogP contribution is -2.00. The fourth-order valence-corrected chi connectivity index (χ4v) is 0.417. The second-order valence-corrected chi connectivity index (χ2v) is 1.26. The minimum atomic E-state index is -3.29. The van der Waals surface area contributed by atoms with Gasteiger partial charge < -0.3 is 4.74 Å². The number of epoxide rings is 1. The molecule has 1 heterocycles. The molecule has 1 heteroatoms. The Kier molecular flexibility index (Phi) is 0.134. The number of ether oxygens (including phenoxy) is 1. The summed E-state index contributed by atoms with van der Waals surface area (Å²) in [5.41, 5.74) is 0. The Morgan fingerprint density at radius 1 is 1.43 bits per heavy atom. The van der Waals surface area contributed by atoms with Crippen molar-refractivity contribution in [2.45, 2.75) is 37.7 Å². The predicted octanol–water partition coefficient (Wildman–Crippen LogP) is 1.33. The van der Waals surface area contributed by atoms with Gasteiger partial charge in [0.15, 0.2) is 0 Å². The van der Waals surface area contributed by atoms with Crippen molar-refractivity contribution in [1.82, 2.24) is 0 Å². The van der Waals surface area contributed by atoms with Gasteiger partial charge in [-0.15, -0.1) is 0 Å². The van der Waals surface area contributed by atoms with E-state index in [2.05, 4.69) is 4.74 Å². The third-order valence-corrected chi connectivity index (χ3v) is 0.783. The van der Waals surface area contributed by atoms with Gasteiger partial charge in [-0.3, -0.25) is 0 Å². The summed E-state index contributed by atoms with van der Waals surface area (Å²) in [4.78, 5) is 0. The van der Waals surface area contributed by atoms with Crippen LogP contribution in [0.5, 0.6) is 0 Å². The number of rotatable bonds is 0. The Bertz CT molecular complexity index is 354. The molecule has 1 nitrogen and oxygen atoms in total. The van der Waals surface area contributed by atoms with Crippen LogP contribution in [-0.4, -0.2) is 12.2 Å². The lowest BCUT2D eigenvalue weighted by molar-refractivity contribution is 0.373. The largest absolute Gasteiger partial charge is 0.370 e. The van der Waals surface area contributed by atoms with Crippen LogP contribution in [0.4, 0.5) is 0 Å². The van der Waals surface area contributed by atoms with Crippen molar-refractivity contribution in [1.29, 1.82) is 0 Å². The number of fused-ring (bicyclic) bond motifs is 1. The van der Waals surface area contributed by atoms with Crippen LogP contribution in [-0.2, 0) is 4.74 Å². The Labute approximate surface area is 57.7 Å². The van der Waals surface area contributed by atoms with Gasteiger partial charge >= 0.3 is 0 Å². The topological polar surface area (TPSA) is 12.5 Å². The third-order valence-electron chi connectivity index (χ3n) is 0.783. The SMILES string of the molecule is [2H]C1([2H])C([2H])([2H])C([2H])([2H])C2([2H])OC2([2H])C1([2H])[2H]. The second-order valence-electron chi connectivity index (χ2n) is 1.26. The van der Waals surface area contributed by atoms with E-state index in [0.717, 1.165) is 0 Å². The Morgan fingerprint density at radius 3 is 2.57 bits per heavy atom. The summed E-state index contributed by atoms with van der Waals surface area (Å²) in [6, 6.07) is 0. The molecule has 40 valence electrons. The Balaban J connectivity index is 2.71. The first-order valence-corrected chi connectivity index (χ1v) is 1.91. The monoisotopic (exact) mass is 108 g/mol. The van der Waals surface area contributed by atoms with E-state index in [1.54, 1.807) is 0 Å². The van der Waals surface area contributed by atoms with Crippen molar-refractivity contribution in [3.63, 3.8) is 0 Å². The quantitative estimate of drug-likeness (QED) is 0.426. The van der Waals surface area contributed by atoms with Crippen LogP contribution in [0.25, 0.3) is 0 Å². The van der Waals surface area contributed by atoms with Crippen LogP contribution in [0.2, 0.25) is 0 Å². The highest BCUT2D eigenvalue weighted by molar-refractivity contribution is 4.87. The van der Waals surface area contributed by atoms with Crippen molar-refractivity contribution in [2.24, 2.45) is 0 Å². The molecule has 0 amide bonds. The van der Waals surface area contributed by atoms with Gasteiger partial charge in [0.05, 0.1) is 14.9 Å². The molecule has 7 heavy (non-hydrogen) atoms. The van der Waals surface area contributed by atoms with Gasteiger partial charge in [-0.05, 0) is 12.7 Å². The molecule has 2 fully saturated rings. The predicted molar refractivity (Wildman–Crippen MR) is 27.1 cm³/mol. The summed E-state index contributed by atoms with van der Waals surface area (Å²) in [6.07, 6.45) is -18.3. The summed E-state index contributed by atoms with van der Waals surface area (Å²) in [5, 5.41) is 0. The van der Waals surface area contributed by atoms with E-state index >= 15 is 0 Å². The summed E-state index contributed by atoms with van der Waals surface area (Å²) in [6.45, 7) is 0. The van der Waals surface area contributed by atoms with Crippen LogP contribution in [0, 0.1) is 0 Å². The molecule has 1 saturated heterocycles. The minimum absolute atomic E-state index is 2.74. The molecule has 0 aromatic rings. The summed E-state index contributed by atoms with van der Waals surface area (Å²) >= 11 is 0. The van der Waals surface area contributed by atoms with Gasteiger partial charge in [-0.2, -0.15) is 0 Å². The van der Waals surface area contributed by atoms with Crippen molar-refractivity contribution in [3.05, 3.63) is 0 Å². The van der Waals surface area contributed by atoms with Gasteiger partial charge in [-0.25, -0.2) is 0 Å². The molecule has 1 aliphatic carbocycles. The maximum absolute atomic E-state index is 7.56. The van der Waals surface area contributed by atoms with Gasteiger partial charge in [-0.1, -0.05) is 12.7 Å². The lowest BCUT2D eigenvalue weighted by atomic mass is 10.0. The zero-order valence-corrected chi connectivity index (χ0v) is 3.41. The molecule has 0 bridgehead atoms. The minimum Gasteiger partial charge on any atom is -0.370 e. The molecule has 1 saturated carbocycles. The molecule has 0 N–H and O–H groups in total. The average Bonchev–Trinajstić information content (AvgIpc) is 2.71. The Hall–Kier alpha value is -0.0400. The van der Waals surface area contributed by atoms with E-state index in [9.17, 15) is 0 Å². The summed E-state index contributed by atoms with van der Waals surface area (Å²) < 4.78 is 79.3. The molecular weight excluding hydrogens is 88.1 g/mol. The average molecular weight is 108 g/mol. The molecule has 1 aliphatic heterocycles. The zero-order chi connectivity index (χ0) is 13.7. The molecule has 2 aliphatic rings. The van der Waals surface area contributed by atoms with Crippen molar-refractivity contribution < 1.29 is 18.4 Å². The van der Waals surface area contributed by atoms with E-state index in [4.69, 9.17) is 13.7 Å². The fourth-order valence-electron chi connectivity index (χ4n) is 0.417. The van der Waals surface area contributed by atoms with Crippen LogP contribution in [0.15, 0.2) is 0 Å². The molecular formula is C6H10O. The summed E-state index contributed by atoms with van der Waals surface area (Å²) in [5.74, 6) is 0. The van der Waals surface area contributed by atoms with Crippen LogP contribution in [0.3, 0.4) is 0 Å². The maximum Gasteiger partial charge on any atom is 0.0841 e.